The number of nitrogens with one attached hydrogen (secondary N) is 2. The first-order valence-electron chi connectivity index (χ1n) is 12.1. The highest BCUT2D eigenvalue weighted by molar-refractivity contribution is 6.31. The topological polar surface area (TPSA) is 79.4 Å². The van der Waals surface area contributed by atoms with E-state index >= 15 is 0 Å². The fraction of sp³-hybridized carbons (Fsp3) is 0.0645. The van der Waals surface area contributed by atoms with Crippen LogP contribution in [0, 0.1) is 0 Å². The van der Waals surface area contributed by atoms with Crippen molar-refractivity contribution in [1.29, 1.82) is 0 Å². The summed E-state index contributed by atoms with van der Waals surface area (Å²) in [4.78, 5) is 12.6. The van der Waals surface area contributed by atoms with Crippen LogP contribution in [-0.2, 0) is 6.61 Å². The van der Waals surface area contributed by atoms with E-state index in [-0.39, 0.29) is 5.91 Å². The van der Waals surface area contributed by atoms with E-state index in [2.05, 4.69) is 32.9 Å². The number of halogens is 1. The van der Waals surface area contributed by atoms with Crippen LogP contribution in [0.4, 0.5) is 0 Å². The van der Waals surface area contributed by atoms with E-state index in [4.69, 9.17) is 16.3 Å². The molecular formula is C31H25ClN4O2. The Kier molecular flexibility index (Phi) is 7.62. The average Bonchev–Trinajstić information content (AvgIpc) is 3.47. The molecule has 5 aromatic rings. The van der Waals surface area contributed by atoms with Gasteiger partial charge < -0.3 is 4.74 Å². The van der Waals surface area contributed by atoms with Crippen LogP contribution in [0.25, 0.3) is 22.4 Å². The number of H-pyrrole nitrogens is 1. The van der Waals surface area contributed by atoms with Crippen molar-refractivity contribution in [3.8, 4) is 28.1 Å². The zero-order valence-corrected chi connectivity index (χ0v) is 21.4. The number of carbonyl (C=O) groups is 1. The second-order valence-electron chi connectivity index (χ2n) is 8.65. The minimum absolute atomic E-state index is 0.315. The fourth-order valence-electron chi connectivity index (χ4n) is 3.88. The van der Waals surface area contributed by atoms with Crippen molar-refractivity contribution >= 4 is 23.2 Å². The SMILES string of the molecule is C/C(=N/NC(=O)c1cc(-c2ccc(OCc3ccccc3Cl)cc2)n[nH]1)c1ccc(-c2ccccc2)cc1. The summed E-state index contributed by atoms with van der Waals surface area (Å²) in [5.74, 6) is 0.340. The quantitative estimate of drug-likeness (QED) is 0.169. The Hall–Kier alpha value is -4.68. The number of carbonyl (C=O) groups excluding carboxylic acids is 1. The van der Waals surface area contributed by atoms with Crippen LogP contribution in [0.2, 0.25) is 5.02 Å². The Morgan fingerprint density at radius 1 is 0.868 bits per heavy atom. The Balaban J connectivity index is 1.18. The zero-order valence-electron chi connectivity index (χ0n) is 20.7. The summed E-state index contributed by atoms with van der Waals surface area (Å²) in [6.45, 7) is 2.23. The highest BCUT2D eigenvalue weighted by atomic mass is 35.5. The fourth-order valence-corrected chi connectivity index (χ4v) is 4.07. The number of hydrogen-bond donors (Lipinski definition) is 2. The van der Waals surface area contributed by atoms with Gasteiger partial charge in [-0.25, -0.2) is 5.43 Å². The van der Waals surface area contributed by atoms with E-state index in [0.717, 1.165) is 27.8 Å². The molecule has 0 aliphatic rings. The van der Waals surface area contributed by atoms with Crippen LogP contribution < -0.4 is 10.2 Å². The van der Waals surface area contributed by atoms with Gasteiger partial charge in [0, 0.05) is 16.1 Å². The molecule has 188 valence electrons. The number of nitrogens with zero attached hydrogens (tertiary/aromatic N) is 2. The molecule has 0 unspecified atom stereocenters. The maximum Gasteiger partial charge on any atom is 0.289 e. The van der Waals surface area contributed by atoms with Crippen molar-refractivity contribution in [2.45, 2.75) is 13.5 Å². The molecule has 0 radical (unpaired) electrons. The summed E-state index contributed by atoms with van der Waals surface area (Å²) in [5, 5.41) is 12.0. The van der Waals surface area contributed by atoms with Crippen LogP contribution in [-0.4, -0.2) is 21.8 Å². The number of ether oxygens (including phenoxy) is 1. The lowest BCUT2D eigenvalue weighted by Gasteiger charge is -2.08. The molecule has 0 bridgehead atoms. The molecule has 0 spiro atoms. The van der Waals surface area contributed by atoms with Crippen molar-refractivity contribution in [3.05, 3.63) is 131 Å². The van der Waals surface area contributed by atoms with E-state index < -0.39 is 0 Å². The third kappa shape index (κ3) is 5.99. The smallest absolute Gasteiger partial charge is 0.289 e. The summed E-state index contributed by atoms with van der Waals surface area (Å²) in [6, 6.07) is 35.0. The molecular weight excluding hydrogens is 496 g/mol. The molecule has 1 heterocycles. The van der Waals surface area contributed by atoms with Crippen molar-refractivity contribution in [2.24, 2.45) is 5.10 Å². The van der Waals surface area contributed by atoms with E-state index in [1.54, 1.807) is 6.07 Å². The number of aromatic nitrogens is 2. The third-order valence-corrected chi connectivity index (χ3v) is 6.43. The Bertz CT molecular complexity index is 1560. The first-order chi connectivity index (χ1) is 18.6. The van der Waals surface area contributed by atoms with Gasteiger partial charge in [-0.15, -0.1) is 0 Å². The standard InChI is InChI=1S/C31H25ClN4O2/c1-21(22-11-13-24(14-12-22)23-7-3-2-4-8-23)33-36-31(37)30-19-29(34-35-30)25-15-17-27(18-16-25)38-20-26-9-5-6-10-28(26)32/h2-19H,20H2,1H3,(H,34,35)(H,36,37)/b33-21-. The number of aromatic amines is 1. The molecule has 1 aromatic heterocycles. The average molecular weight is 521 g/mol. The van der Waals surface area contributed by atoms with Crippen LogP contribution in [0.3, 0.4) is 0 Å². The molecule has 0 aliphatic heterocycles. The molecule has 7 heteroatoms. The molecule has 5 rings (SSSR count). The first kappa shape index (κ1) is 25.0. The van der Waals surface area contributed by atoms with E-state index in [1.165, 1.54) is 0 Å². The van der Waals surface area contributed by atoms with Gasteiger partial charge in [-0.05, 0) is 60.0 Å². The summed E-state index contributed by atoms with van der Waals surface area (Å²) in [5.41, 5.74) is 9.22. The molecule has 38 heavy (non-hydrogen) atoms. The minimum atomic E-state index is -0.372. The summed E-state index contributed by atoms with van der Waals surface area (Å²) >= 11 is 6.19. The number of benzene rings is 4. The number of hydrogen-bond acceptors (Lipinski definition) is 4. The maximum atomic E-state index is 12.6. The second kappa shape index (κ2) is 11.6. The monoisotopic (exact) mass is 520 g/mol. The Morgan fingerprint density at radius 2 is 1.53 bits per heavy atom. The molecule has 0 saturated heterocycles. The molecule has 2 N–H and O–H groups in total. The van der Waals surface area contributed by atoms with E-state index in [9.17, 15) is 4.79 Å². The number of amides is 1. The summed E-state index contributed by atoms with van der Waals surface area (Å²) in [6.07, 6.45) is 0. The van der Waals surface area contributed by atoms with Gasteiger partial charge in [0.1, 0.15) is 18.1 Å². The van der Waals surface area contributed by atoms with Gasteiger partial charge in [0.2, 0.25) is 0 Å². The third-order valence-electron chi connectivity index (χ3n) is 6.06. The molecule has 6 nitrogen and oxygen atoms in total. The van der Waals surface area contributed by atoms with Gasteiger partial charge in [-0.3, -0.25) is 9.89 Å². The Labute approximate surface area is 226 Å². The largest absolute Gasteiger partial charge is 0.489 e. The maximum absolute atomic E-state index is 12.6. The predicted octanol–water partition coefficient (Wildman–Crippen LogP) is 7.13. The van der Waals surface area contributed by atoms with Gasteiger partial charge in [0.25, 0.3) is 5.91 Å². The summed E-state index contributed by atoms with van der Waals surface area (Å²) in [7, 11) is 0. The van der Waals surface area contributed by atoms with Crippen LogP contribution >= 0.6 is 11.6 Å². The van der Waals surface area contributed by atoms with Crippen molar-refractivity contribution in [2.75, 3.05) is 0 Å². The second-order valence-corrected chi connectivity index (χ2v) is 9.06. The molecule has 0 fully saturated rings. The highest BCUT2D eigenvalue weighted by Crippen LogP contribution is 2.23. The molecule has 0 aliphatic carbocycles. The van der Waals surface area contributed by atoms with Crippen LogP contribution in [0.1, 0.15) is 28.5 Å². The van der Waals surface area contributed by atoms with Gasteiger partial charge in [-0.2, -0.15) is 10.2 Å². The van der Waals surface area contributed by atoms with Gasteiger partial charge in [0.05, 0.1) is 11.4 Å². The normalized spacial score (nSPS) is 11.3. The van der Waals surface area contributed by atoms with Crippen LogP contribution in [0.15, 0.2) is 114 Å². The molecule has 0 saturated carbocycles. The number of rotatable bonds is 8. The van der Waals surface area contributed by atoms with E-state index in [0.29, 0.717) is 34.5 Å². The predicted molar refractivity (Wildman–Crippen MR) is 151 cm³/mol. The zero-order chi connectivity index (χ0) is 26.3. The lowest BCUT2D eigenvalue weighted by atomic mass is 10.0. The van der Waals surface area contributed by atoms with Crippen molar-refractivity contribution in [1.82, 2.24) is 15.6 Å². The van der Waals surface area contributed by atoms with Crippen molar-refractivity contribution in [3.63, 3.8) is 0 Å². The molecule has 4 aromatic carbocycles. The van der Waals surface area contributed by atoms with E-state index in [1.807, 2.05) is 97.9 Å². The Morgan fingerprint density at radius 3 is 2.26 bits per heavy atom. The number of hydrazone groups is 1. The van der Waals surface area contributed by atoms with Crippen molar-refractivity contribution < 1.29 is 9.53 Å². The lowest BCUT2D eigenvalue weighted by molar-refractivity contribution is 0.0950. The minimum Gasteiger partial charge on any atom is -0.489 e. The highest BCUT2D eigenvalue weighted by Gasteiger charge is 2.11. The van der Waals surface area contributed by atoms with Gasteiger partial charge in [-0.1, -0.05) is 84.4 Å². The van der Waals surface area contributed by atoms with Gasteiger partial charge >= 0.3 is 0 Å². The lowest BCUT2D eigenvalue weighted by Crippen LogP contribution is -2.19. The molecule has 0 atom stereocenters. The first-order valence-corrected chi connectivity index (χ1v) is 12.5. The summed E-state index contributed by atoms with van der Waals surface area (Å²) < 4.78 is 5.84. The molecule has 1 amide bonds. The van der Waals surface area contributed by atoms with Gasteiger partial charge in [0.15, 0.2) is 0 Å². The van der Waals surface area contributed by atoms with Crippen LogP contribution in [0.5, 0.6) is 5.75 Å².